The average molecular weight is 301 g/mol. The number of rotatable bonds is 4. The predicted molar refractivity (Wildman–Crippen MR) is 88.7 cm³/mol. The maximum Gasteiger partial charge on any atom is 0.102 e. The smallest absolute Gasteiger partial charge is 0.102 e. The number of fused-ring (bicyclic) bond motifs is 2. The molecule has 2 aliphatic heterocycles. The topological polar surface area (TPSA) is 39.1 Å². The zero-order chi connectivity index (χ0) is 14.8. The molecular weight excluding hydrogens is 278 g/mol. The lowest BCUT2D eigenvalue weighted by Gasteiger charge is -2.36. The number of benzene rings is 1. The molecule has 1 N–H and O–H groups in total. The third-order valence-electron chi connectivity index (χ3n) is 5.13. The number of anilines is 1. The lowest BCUT2D eigenvalue weighted by molar-refractivity contribution is 0.139. The zero-order valence-electron chi connectivity index (χ0n) is 12.8. The summed E-state index contributed by atoms with van der Waals surface area (Å²) in [6.45, 7) is 0.993. The van der Waals surface area contributed by atoms with Crippen LogP contribution in [0.3, 0.4) is 0 Å². The molecule has 0 aliphatic carbocycles. The standard InChI is InChI=1S/C17H23N3S/c1-20-13-6-7-14(20)9-12(8-13)11-19-16-4-3-5-17(21-2)15(16)10-18/h3-5,12-14,19H,6-9,11H2,1-2H3. The Balaban J connectivity index is 1.65. The fourth-order valence-electron chi connectivity index (χ4n) is 3.91. The van der Waals surface area contributed by atoms with Crippen molar-refractivity contribution >= 4 is 17.4 Å². The number of nitrogens with zero attached hydrogens (tertiary/aromatic N) is 2. The lowest BCUT2D eigenvalue weighted by atomic mass is 9.91. The highest BCUT2D eigenvalue weighted by Crippen LogP contribution is 2.37. The van der Waals surface area contributed by atoms with Crippen molar-refractivity contribution in [1.29, 1.82) is 5.26 Å². The summed E-state index contributed by atoms with van der Waals surface area (Å²) in [5.74, 6) is 0.739. The van der Waals surface area contributed by atoms with E-state index in [1.165, 1.54) is 25.7 Å². The van der Waals surface area contributed by atoms with Gasteiger partial charge in [-0.3, -0.25) is 0 Å². The lowest BCUT2D eigenvalue weighted by Crippen LogP contribution is -2.41. The number of nitriles is 1. The Morgan fingerprint density at radius 2 is 2.05 bits per heavy atom. The van der Waals surface area contributed by atoms with Gasteiger partial charge in [-0.15, -0.1) is 11.8 Å². The van der Waals surface area contributed by atoms with Crippen LogP contribution >= 0.6 is 11.8 Å². The maximum absolute atomic E-state index is 9.39. The highest BCUT2D eigenvalue weighted by molar-refractivity contribution is 7.98. The summed E-state index contributed by atoms with van der Waals surface area (Å²) in [6, 6.07) is 9.99. The molecule has 2 atom stereocenters. The Bertz CT molecular complexity index is 537. The largest absolute Gasteiger partial charge is 0.384 e. The predicted octanol–water partition coefficient (Wildman–Crippen LogP) is 3.56. The fraction of sp³-hybridized carbons (Fsp3) is 0.588. The van der Waals surface area contributed by atoms with Crippen molar-refractivity contribution in [2.45, 2.75) is 42.7 Å². The van der Waals surface area contributed by atoms with Gasteiger partial charge < -0.3 is 10.2 Å². The number of piperidine rings is 1. The number of nitrogens with one attached hydrogen (secondary N) is 1. The molecule has 1 aromatic carbocycles. The minimum Gasteiger partial charge on any atom is -0.384 e. The third-order valence-corrected chi connectivity index (χ3v) is 5.92. The molecule has 1 aromatic rings. The molecule has 2 unspecified atom stereocenters. The van der Waals surface area contributed by atoms with E-state index in [1.807, 2.05) is 24.5 Å². The molecule has 2 aliphatic rings. The Kier molecular flexibility index (Phi) is 4.42. The molecule has 0 radical (unpaired) electrons. The second-order valence-electron chi connectivity index (χ2n) is 6.26. The maximum atomic E-state index is 9.39. The molecule has 2 bridgehead atoms. The van der Waals surface area contributed by atoms with E-state index in [1.54, 1.807) is 11.8 Å². The first-order chi connectivity index (χ1) is 10.2. The van der Waals surface area contributed by atoms with Crippen molar-refractivity contribution in [3.8, 4) is 6.07 Å². The van der Waals surface area contributed by atoms with Crippen LogP contribution in [0.2, 0.25) is 0 Å². The molecule has 3 rings (SSSR count). The van der Waals surface area contributed by atoms with Crippen LogP contribution in [0.25, 0.3) is 0 Å². The van der Waals surface area contributed by atoms with E-state index in [9.17, 15) is 5.26 Å². The summed E-state index contributed by atoms with van der Waals surface area (Å²) >= 11 is 1.64. The highest BCUT2D eigenvalue weighted by Gasteiger charge is 2.38. The monoisotopic (exact) mass is 301 g/mol. The van der Waals surface area contributed by atoms with Crippen LogP contribution < -0.4 is 5.32 Å². The number of hydrogen-bond acceptors (Lipinski definition) is 4. The molecule has 2 heterocycles. The SMILES string of the molecule is CSc1cccc(NCC2CC3CCC(C2)N3C)c1C#N. The summed E-state index contributed by atoms with van der Waals surface area (Å²) < 4.78 is 0. The summed E-state index contributed by atoms with van der Waals surface area (Å²) in [4.78, 5) is 3.64. The fourth-order valence-corrected chi connectivity index (χ4v) is 4.48. The molecule has 2 saturated heterocycles. The van der Waals surface area contributed by atoms with Crippen molar-refractivity contribution < 1.29 is 0 Å². The van der Waals surface area contributed by atoms with E-state index in [-0.39, 0.29) is 0 Å². The van der Waals surface area contributed by atoms with E-state index in [2.05, 4.69) is 23.3 Å². The van der Waals surface area contributed by atoms with Gasteiger partial charge in [0, 0.05) is 23.5 Å². The van der Waals surface area contributed by atoms with E-state index in [0.29, 0.717) is 0 Å². The van der Waals surface area contributed by atoms with Crippen LogP contribution in [0.5, 0.6) is 0 Å². The van der Waals surface area contributed by atoms with Gasteiger partial charge in [0.25, 0.3) is 0 Å². The first kappa shape index (κ1) is 14.7. The minimum absolute atomic E-state index is 0.739. The van der Waals surface area contributed by atoms with Crippen LogP contribution in [-0.4, -0.2) is 36.8 Å². The molecule has 0 aromatic heterocycles. The van der Waals surface area contributed by atoms with Crippen LogP contribution in [0.4, 0.5) is 5.69 Å². The molecule has 21 heavy (non-hydrogen) atoms. The Hall–Kier alpha value is -1.18. The third kappa shape index (κ3) is 2.90. The van der Waals surface area contributed by atoms with E-state index < -0.39 is 0 Å². The van der Waals surface area contributed by atoms with Gasteiger partial charge in [0.05, 0.1) is 11.3 Å². The van der Waals surface area contributed by atoms with Crippen molar-refractivity contribution in [2.24, 2.45) is 5.92 Å². The quantitative estimate of drug-likeness (QED) is 0.863. The van der Waals surface area contributed by atoms with Gasteiger partial charge >= 0.3 is 0 Å². The van der Waals surface area contributed by atoms with Crippen LogP contribution in [0.1, 0.15) is 31.2 Å². The first-order valence-corrected chi connectivity index (χ1v) is 8.98. The molecule has 2 fully saturated rings. The van der Waals surface area contributed by atoms with E-state index >= 15 is 0 Å². The van der Waals surface area contributed by atoms with Crippen molar-refractivity contribution in [3.63, 3.8) is 0 Å². The average Bonchev–Trinajstić information content (AvgIpc) is 2.74. The van der Waals surface area contributed by atoms with E-state index in [0.717, 1.165) is 40.7 Å². The van der Waals surface area contributed by atoms with Crippen LogP contribution in [-0.2, 0) is 0 Å². The second-order valence-corrected chi connectivity index (χ2v) is 7.11. The van der Waals surface area contributed by atoms with Gasteiger partial charge in [-0.2, -0.15) is 5.26 Å². The molecule has 112 valence electrons. The molecule has 0 saturated carbocycles. The number of thioether (sulfide) groups is 1. The Morgan fingerprint density at radius 1 is 1.33 bits per heavy atom. The molecule has 0 amide bonds. The molecule has 4 heteroatoms. The highest BCUT2D eigenvalue weighted by atomic mass is 32.2. The van der Waals surface area contributed by atoms with Crippen molar-refractivity contribution in [3.05, 3.63) is 23.8 Å². The Labute approximate surface area is 131 Å². The van der Waals surface area contributed by atoms with Crippen LogP contribution in [0.15, 0.2) is 23.1 Å². The molecule has 3 nitrogen and oxygen atoms in total. The minimum atomic E-state index is 0.739. The Morgan fingerprint density at radius 3 is 2.67 bits per heavy atom. The first-order valence-electron chi connectivity index (χ1n) is 7.75. The summed E-state index contributed by atoms with van der Waals surface area (Å²) in [5.41, 5.74) is 1.79. The molecule has 0 spiro atoms. The van der Waals surface area contributed by atoms with Crippen molar-refractivity contribution in [1.82, 2.24) is 4.90 Å². The zero-order valence-corrected chi connectivity index (χ0v) is 13.6. The number of hydrogen-bond donors (Lipinski definition) is 1. The second kappa shape index (κ2) is 6.29. The summed E-state index contributed by atoms with van der Waals surface area (Å²) in [6.07, 6.45) is 7.34. The van der Waals surface area contributed by atoms with Gasteiger partial charge in [0.15, 0.2) is 0 Å². The van der Waals surface area contributed by atoms with Gasteiger partial charge in [0.1, 0.15) is 6.07 Å². The van der Waals surface area contributed by atoms with Gasteiger partial charge in [-0.1, -0.05) is 6.07 Å². The van der Waals surface area contributed by atoms with Gasteiger partial charge in [-0.05, 0) is 57.0 Å². The van der Waals surface area contributed by atoms with Crippen molar-refractivity contribution in [2.75, 3.05) is 25.2 Å². The van der Waals surface area contributed by atoms with E-state index in [4.69, 9.17) is 0 Å². The van der Waals surface area contributed by atoms with Crippen LogP contribution in [0, 0.1) is 17.2 Å². The van der Waals surface area contributed by atoms with Gasteiger partial charge in [0.2, 0.25) is 0 Å². The van der Waals surface area contributed by atoms with Gasteiger partial charge in [-0.25, -0.2) is 0 Å². The normalized spacial score (nSPS) is 28.3. The summed E-state index contributed by atoms with van der Waals surface area (Å²) in [7, 11) is 2.28. The summed E-state index contributed by atoms with van der Waals surface area (Å²) in [5, 5.41) is 12.9. The molecular formula is C17H23N3S.